The molecule has 126 valence electrons. The summed E-state index contributed by atoms with van der Waals surface area (Å²) in [5.41, 5.74) is 3.11. The van der Waals surface area contributed by atoms with Crippen molar-refractivity contribution in [3.8, 4) is 0 Å². The Kier molecular flexibility index (Phi) is 5.75. The van der Waals surface area contributed by atoms with E-state index in [1.807, 2.05) is 39.4 Å². The number of tetrazole rings is 1. The summed E-state index contributed by atoms with van der Waals surface area (Å²) in [5, 5.41) is 18.9. The van der Waals surface area contributed by atoms with E-state index in [-0.39, 0.29) is 11.9 Å². The Labute approximate surface area is 140 Å². The molecule has 2 aromatic rings. The lowest BCUT2D eigenvalue weighted by Gasteiger charge is -2.08. The number of carbonyl (C=O) groups excluding carboxylic acids is 1. The lowest BCUT2D eigenvalue weighted by molar-refractivity contribution is -0.118. The minimum Gasteiger partial charge on any atom is -0.351 e. The molecule has 1 N–H and O–H groups in total. The standard InChI is InChI=1S/C14H23N7OS/c1-9(2)21-13(16-18-19-21)7-23-8-14(22)15-6-12-10(3)17-20(5)11(12)4/h9H,6-8H2,1-5H3,(H,15,22). The maximum atomic E-state index is 12.0. The Morgan fingerprint density at radius 3 is 2.70 bits per heavy atom. The summed E-state index contributed by atoms with van der Waals surface area (Å²) in [7, 11) is 1.91. The van der Waals surface area contributed by atoms with Crippen LogP contribution in [0.2, 0.25) is 0 Å². The zero-order valence-electron chi connectivity index (χ0n) is 14.2. The van der Waals surface area contributed by atoms with Crippen LogP contribution in [-0.4, -0.2) is 41.6 Å². The highest BCUT2D eigenvalue weighted by molar-refractivity contribution is 7.99. The van der Waals surface area contributed by atoms with Crippen LogP contribution in [0.4, 0.5) is 0 Å². The van der Waals surface area contributed by atoms with Crippen molar-refractivity contribution in [1.29, 1.82) is 0 Å². The van der Waals surface area contributed by atoms with Gasteiger partial charge in [-0.3, -0.25) is 9.48 Å². The van der Waals surface area contributed by atoms with E-state index in [4.69, 9.17) is 0 Å². The number of hydrogen-bond acceptors (Lipinski definition) is 6. The quantitative estimate of drug-likeness (QED) is 0.815. The number of thioether (sulfide) groups is 1. The lowest BCUT2D eigenvalue weighted by atomic mass is 10.2. The number of aromatic nitrogens is 6. The first-order valence-electron chi connectivity index (χ1n) is 7.50. The van der Waals surface area contributed by atoms with Crippen LogP contribution in [0.25, 0.3) is 0 Å². The number of aryl methyl sites for hydroxylation is 2. The van der Waals surface area contributed by atoms with Gasteiger partial charge in [0.25, 0.3) is 0 Å². The van der Waals surface area contributed by atoms with E-state index in [2.05, 4.69) is 25.9 Å². The monoisotopic (exact) mass is 337 g/mol. The fourth-order valence-corrected chi connectivity index (χ4v) is 3.02. The Morgan fingerprint density at radius 2 is 2.09 bits per heavy atom. The topological polar surface area (TPSA) is 90.5 Å². The number of rotatable bonds is 7. The largest absolute Gasteiger partial charge is 0.351 e. The molecule has 0 unspecified atom stereocenters. The van der Waals surface area contributed by atoms with E-state index in [1.165, 1.54) is 11.8 Å². The highest BCUT2D eigenvalue weighted by atomic mass is 32.2. The normalized spacial score (nSPS) is 11.2. The van der Waals surface area contributed by atoms with Crippen LogP contribution in [0.15, 0.2) is 0 Å². The van der Waals surface area contributed by atoms with Gasteiger partial charge < -0.3 is 5.32 Å². The van der Waals surface area contributed by atoms with E-state index in [0.29, 0.717) is 18.1 Å². The van der Waals surface area contributed by atoms with Gasteiger partial charge in [0.15, 0.2) is 5.82 Å². The van der Waals surface area contributed by atoms with Crippen molar-refractivity contribution in [3.05, 3.63) is 22.8 Å². The average molecular weight is 337 g/mol. The molecule has 0 saturated heterocycles. The number of carbonyl (C=O) groups is 1. The molecule has 2 rings (SSSR count). The van der Waals surface area contributed by atoms with Gasteiger partial charge in [0.05, 0.1) is 23.2 Å². The van der Waals surface area contributed by atoms with Crippen molar-refractivity contribution >= 4 is 17.7 Å². The molecule has 0 bridgehead atoms. The summed E-state index contributed by atoms with van der Waals surface area (Å²) in [6.07, 6.45) is 0. The second kappa shape index (κ2) is 7.58. The van der Waals surface area contributed by atoms with Crippen molar-refractivity contribution in [2.45, 2.75) is 46.0 Å². The Morgan fingerprint density at radius 1 is 1.35 bits per heavy atom. The molecule has 0 aliphatic rings. The molecule has 2 aromatic heterocycles. The smallest absolute Gasteiger partial charge is 0.230 e. The zero-order chi connectivity index (χ0) is 17.0. The first-order valence-corrected chi connectivity index (χ1v) is 8.65. The molecule has 0 spiro atoms. The third-order valence-electron chi connectivity index (χ3n) is 3.64. The SMILES string of the molecule is Cc1nn(C)c(C)c1CNC(=O)CSCc1nnnn1C(C)C. The molecular formula is C14H23N7OS. The predicted octanol–water partition coefficient (Wildman–Crippen LogP) is 1.15. The Bertz CT molecular complexity index is 677. The summed E-state index contributed by atoms with van der Waals surface area (Å²) >= 11 is 1.50. The fraction of sp³-hybridized carbons (Fsp3) is 0.643. The van der Waals surface area contributed by atoms with Crippen LogP contribution in [0.5, 0.6) is 0 Å². The second-order valence-corrected chi connectivity index (χ2v) is 6.66. The first-order chi connectivity index (χ1) is 10.9. The molecule has 23 heavy (non-hydrogen) atoms. The molecule has 8 nitrogen and oxygen atoms in total. The average Bonchev–Trinajstić information content (AvgIpc) is 3.04. The summed E-state index contributed by atoms with van der Waals surface area (Å²) < 4.78 is 3.60. The summed E-state index contributed by atoms with van der Waals surface area (Å²) in [4.78, 5) is 12.0. The van der Waals surface area contributed by atoms with E-state index in [0.717, 1.165) is 22.8 Å². The van der Waals surface area contributed by atoms with Gasteiger partial charge in [-0.05, 0) is 38.1 Å². The van der Waals surface area contributed by atoms with E-state index >= 15 is 0 Å². The fourth-order valence-electron chi connectivity index (χ4n) is 2.25. The van der Waals surface area contributed by atoms with Crippen molar-refractivity contribution in [1.82, 2.24) is 35.3 Å². The van der Waals surface area contributed by atoms with Gasteiger partial charge >= 0.3 is 0 Å². The minimum atomic E-state index is 0.00113. The summed E-state index contributed by atoms with van der Waals surface area (Å²) in [6, 6.07) is 0.214. The van der Waals surface area contributed by atoms with Crippen LogP contribution in [0, 0.1) is 13.8 Å². The molecule has 9 heteroatoms. The maximum Gasteiger partial charge on any atom is 0.230 e. The third-order valence-corrected chi connectivity index (χ3v) is 4.56. The Balaban J connectivity index is 1.78. The highest BCUT2D eigenvalue weighted by Gasteiger charge is 2.12. The Hall–Kier alpha value is -1.90. The number of amides is 1. The van der Waals surface area contributed by atoms with Crippen LogP contribution in [0.3, 0.4) is 0 Å². The van der Waals surface area contributed by atoms with E-state index in [1.54, 1.807) is 4.68 Å². The van der Waals surface area contributed by atoms with Crippen LogP contribution < -0.4 is 5.32 Å². The predicted molar refractivity (Wildman–Crippen MR) is 88.9 cm³/mol. The summed E-state index contributed by atoms with van der Waals surface area (Å²) in [6.45, 7) is 8.51. The van der Waals surface area contributed by atoms with Crippen LogP contribution in [-0.2, 0) is 24.1 Å². The molecule has 0 atom stereocenters. The first kappa shape index (κ1) is 17.5. The third kappa shape index (κ3) is 4.31. The van der Waals surface area contributed by atoms with Gasteiger partial charge in [-0.15, -0.1) is 16.9 Å². The van der Waals surface area contributed by atoms with Gasteiger partial charge in [-0.2, -0.15) is 5.10 Å². The van der Waals surface area contributed by atoms with Crippen molar-refractivity contribution in [3.63, 3.8) is 0 Å². The number of nitrogens with zero attached hydrogens (tertiary/aromatic N) is 6. The molecule has 2 heterocycles. The number of hydrogen-bond donors (Lipinski definition) is 1. The molecule has 0 saturated carbocycles. The molecule has 0 aliphatic carbocycles. The molecule has 0 radical (unpaired) electrons. The van der Waals surface area contributed by atoms with Gasteiger partial charge in [0, 0.05) is 24.8 Å². The van der Waals surface area contributed by atoms with Crippen LogP contribution in [0.1, 0.15) is 42.7 Å². The molecule has 0 fully saturated rings. The van der Waals surface area contributed by atoms with Crippen molar-refractivity contribution in [2.24, 2.45) is 7.05 Å². The van der Waals surface area contributed by atoms with E-state index in [9.17, 15) is 4.79 Å². The van der Waals surface area contributed by atoms with Gasteiger partial charge in [-0.25, -0.2) is 4.68 Å². The molecule has 0 aliphatic heterocycles. The van der Waals surface area contributed by atoms with Gasteiger partial charge in [0.1, 0.15) is 0 Å². The second-order valence-electron chi connectivity index (χ2n) is 5.68. The van der Waals surface area contributed by atoms with Gasteiger partial charge in [0.2, 0.25) is 5.91 Å². The number of nitrogens with one attached hydrogen (secondary N) is 1. The minimum absolute atomic E-state index is 0.00113. The van der Waals surface area contributed by atoms with Crippen LogP contribution >= 0.6 is 11.8 Å². The highest BCUT2D eigenvalue weighted by Crippen LogP contribution is 2.13. The summed E-state index contributed by atoms with van der Waals surface area (Å²) in [5.74, 6) is 1.78. The molecular weight excluding hydrogens is 314 g/mol. The maximum absolute atomic E-state index is 12.0. The molecule has 1 amide bonds. The van der Waals surface area contributed by atoms with E-state index < -0.39 is 0 Å². The zero-order valence-corrected chi connectivity index (χ0v) is 15.0. The molecule has 0 aromatic carbocycles. The lowest BCUT2D eigenvalue weighted by Crippen LogP contribution is -2.25. The van der Waals surface area contributed by atoms with Crippen molar-refractivity contribution < 1.29 is 4.79 Å². The van der Waals surface area contributed by atoms with Crippen molar-refractivity contribution in [2.75, 3.05) is 5.75 Å². The van der Waals surface area contributed by atoms with Gasteiger partial charge in [-0.1, -0.05) is 0 Å².